The van der Waals surface area contributed by atoms with E-state index in [9.17, 15) is 14.4 Å². The number of ether oxygens (including phenoxy) is 1. The topological polar surface area (TPSA) is 90.3 Å². The molecule has 0 unspecified atom stereocenters. The van der Waals surface area contributed by atoms with Gasteiger partial charge in [-0.3, -0.25) is 14.4 Å². The first-order valence-electron chi connectivity index (χ1n) is 11.0. The quantitative estimate of drug-likeness (QED) is 0.420. The molecule has 0 fully saturated rings. The largest absolute Gasteiger partial charge is 0.492 e. The Hall–Kier alpha value is -4.26. The van der Waals surface area contributed by atoms with Gasteiger partial charge in [-0.25, -0.2) is 4.98 Å². The molecule has 2 aromatic heterocycles. The summed E-state index contributed by atoms with van der Waals surface area (Å²) >= 11 is 0. The Morgan fingerprint density at radius 2 is 1.74 bits per heavy atom. The second-order valence-electron chi connectivity index (χ2n) is 8.00. The highest BCUT2D eigenvalue weighted by molar-refractivity contribution is 6.10. The van der Waals surface area contributed by atoms with Crippen molar-refractivity contribution in [1.29, 1.82) is 0 Å². The second kappa shape index (κ2) is 9.70. The van der Waals surface area contributed by atoms with Crippen LogP contribution in [0.3, 0.4) is 0 Å². The molecule has 4 aromatic rings. The highest BCUT2D eigenvalue weighted by Gasteiger charge is 2.19. The molecule has 172 valence electrons. The van der Waals surface area contributed by atoms with Gasteiger partial charge in [0.15, 0.2) is 5.78 Å². The van der Waals surface area contributed by atoms with Crippen LogP contribution in [0.4, 0.5) is 5.69 Å². The molecule has 0 bridgehead atoms. The lowest BCUT2D eigenvalue weighted by Gasteiger charge is -2.15. The first-order valence-corrected chi connectivity index (χ1v) is 11.0. The number of aromatic nitrogens is 2. The van der Waals surface area contributed by atoms with Crippen molar-refractivity contribution in [2.45, 2.75) is 27.3 Å². The SMILES string of the molecule is CCOc1ccccc1NC(=O)Cn1cc(C(=O)c2ccc(C)cc2)c(=O)c2ccc(C)nc21. The maximum Gasteiger partial charge on any atom is 0.244 e. The number of benzene rings is 2. The highest BCUT2D eigenvalue weighted by atomic mass is 16.5. The molecule has 0 atom stereocenters. The van der Waals surface area contributed by atoms with Crippen LogP contribution >= 0.6 is 0 Å². The van der Waals surface area contributed by atoms with Gasteiger partial charge in [0.1, 0.15) is 17.9 Å². The fourth-order valence-electron chi connectivity index (χ4n) is 3.70. The van der Waals surface area contributed by atoms with Gasteiger partial charge in [-0.05, 0) is 45.0 Å². The minimum absolute atomic E-state index is 0.00970. The summed E-state index contributed by atoms with van der Waals surface area (Å²) in [5.41, 5.74) is 2.58. The second-order valence-corrected chi connectivity index (χ2v) is 8.00. The number of fused-ring (bicyclic) bond motifs is 1. The molecule has 0 saturated heterocycles. The average molecular weight is 456 g/mol. The molecule has 0 aliphatic carbocycles. The number of aryl methyl sites for hydroxylation is 2. The summed E-state index contributed by atoms with van der Waals surface area (Å²) in [7, 11) is 0. The van der Waals surface area contributed by atoms with Gasteiger partial charge in [0.25, 0.3) is 0 Å². The van der Waals surface area contributed by atoms with E-state index in [4.69, 9.17) is 4.74 Å². The van der Waals surface area contributed by atoms with Gasteiger partial charge in [0.2, 0.25) is 11.3 Å². The number of hydrogen-bond acceptors (Lipinski definition) is 5. The normalized spacial score (nSPS) is 10.8. The first-order chi connectivity index (χ1) is 16.4. The lowest BCUT2D eigenvalue weighted by atomic mass is 10.0. The molecule has 0 aliphatic rings. The van der Waals surface area contributed by atoms with Crippen molar-refractivity contribution in [1.82, 2.24) is 9.55 Å². The van der Waals surface area contributed by atoms with E-state index < -0.39 is 11.2 Å². The summed E-state index contributed by atoms with van der Waals surface area (Å²) in [5.74, 6) is -0.176. The minimum atomic E-state index is -0.411. The number of rotatable bonds is 7. The Kier molecular flexibility index (Phi) is 6.54. The van der Waals surface area contributed by atoms with Crippen molar-refractivity contribution >= 4 is 28.4 Å². The maximum absolute atomic E-state index is 13.2. The third-order valence-electron chi connectivity index (χ3n) is 5.39. The summed E-state index contributed by atoms with van der Waals surface area (Å²) in [6.45, 7) is 5.92. The number of pyridine rings is 2. The van der Waals surface area contributed by atoms with Crippen LogP contribution in [0.2, 0.25) is 0 Å². The molecule has 34 heavy (non-hydrogen) atoms. The van der Waals surface area contributed by atoms with E-state index >= 15 is 0 Å². The molecule has 0 saturated carbocycles. The van der Waals surface area contributed by atoms with E-state index in [0.717, 1.165) is 5.56 Å². The number of carbonyl (C=O) groups is 2. The standard InChI is InChI=1S/C27H25N3O4/c1-4-34-23-8-6-5-7-22(23)29-24(31)16-30-15-21(25(32)19-12-9-17(2)10-13-19)26(33)20-14-11-18(3)28-27(20)30/h5-15H,4,16H2,1-3H3,(H,29,31). The van der Waals surface area contributed by atoms with Gasteiger partial charge in [-0.15, -0.1) is 0 Å². The number of para-hydroxylation sites is 2. The number of anilines is 1. The number of amides is 1. The van der Waals surface area contributed by atoms with Crippen molar-refractivity contribution in [2.75, 3.05) is 11.9 Å². The summed E-state index contributed by atoms with van der Waals surface area (Å²) in [6, 6.07) is 17.5. The van der Waals surface area contributed by atoms with Crippen LogP contribution in [-0.4, -0.2) is 27.8 Å². The molecule has 0 radical (unpaired) electrons. The third kappa shape index (κ3) is 4.73. The molecular weight excluding hydrogens is 430 g/mol. The van der Waals surface area contributed by atoms with Crippen LogP contribution in [0.25, 0.3) is 11.0 Å². The number of carbonyl (C=O) groups excluding carboxylic acids is 2. The Balaban J connectivity index is 1.74. The van der Waals surface area contributed by atoms with Crippen LogP contribution in [0, 0.1) is 13.8 Å². The van der Waals surface area contributed by atoms with Gasteiger partial charge in [0.05, 0.1) is 23.2 Å². The van der Waals surface area contributed by atoms with Gasteiger partial charge in [-0.2, -0.15) is 0 Å². The Bertz CT molecular complexity index is 1440. The van der Waals surface area contributed by atoms with Crippen molar-refractivity contribution in [3.05, 3.63) is 99.5 Å². The average Bonchev–Trinajstić information content (AvgIpc) is 2.82. The number of nitrogens with one attached hydrogen (secondary N) is 1. The Morgan fingerprint density at radius 1 is 1.00 bits per heavy atom. The predicted octanol–water partition coefficient (Wildman–Crippen LogP) is 4.28. The number of nitrogens with zero attached hydrogens (tertiary/aromatic N) is 2. The van der Waals surface area contributed by atoms with E-state index in [-0.39, 0.29) is 23.4 Å². The van der Waals surface area contributed by atoms with E-state index in [2.05, 4.69) is 10.3 Å². The highest BCUT2D eigenvalue weighted by Crippen LogP contribution is 2.24. The van der Waals surface area contributed by atoms with Crippen molar-refractivity contribution < 1.29 is 14.3 Å². The lowest BCUT2D eigenvalue weighted by Crippen LogP contribution is -2.25. The molecule has 1 amide bonds. The maximum atomic E-state index is 13.2. The zero-order valence-corrected chi connectivity index (χ0v) is 19.3. The third-order valence-corrected chi connectivity index (χ3v) is 5.39. The molecule has 7 heteroatoms. The van der Waals surface area contributed by atoms with E-state index in [1.54, 1.807) is 54.0 Å². The Morgan fingerprint density at radius 3 is 2.47 bits per heavy atom. The summed E-state index contributed by atoms with van der Waals surface area (Å²) in [5, 5.41) is 3.13. The minimum Gasteiger partial charge on any atom is -0.492 e. The summed E-state index contributed by atoms with van der Waals surface area (Å²) in [4.78, 5) is 43.8. The van der Waals surface area contributed by atoms with E-state index in [1.165, 1.54) is 6.20 Å². The van der Waals surface area contributed by atoms with Crippen molar-refractivity contribution in [3.8, 4) is 5.75 Å². The van der Waals surface area contributed by atoms with Gasteiger partial charge in [0, 0.05) is 17.5 Å². The van der Waals surface area contributed by atoms with Crippen molar-refractivity contribution in [2.24, 2.45) is 0 Å². The summed E-state index contributed by atoms with van der Waals surface area (Å²) < 4.78 is 7.12. The molecule has 0 aliphatic heterocycles. The van der Waals surface area contributed by atoms with Crippen LogP contribution in [-0.2, 0) is 11.3 Å². The monoisotopic (exact) mass is 455 g/mol. The van der Waals surface area contributed by atoms with Gasteiger partial charge >= 0.3 is 0 Å². The Labute approximate surface area is 197 Å². The molecule has 7 nitrogen and oxygen atoms in total. The summed E-state index contributed by atoms with van der Waals surface area (Å²) in [6.07, 6.45) is 1.42. The van der Waals surface area contributed by atoms with E-state index in [0.29, 0.717) is 34.9 Å². The molecule has 2 heterocycles. The molecular formula is C27H25N3O4. The molecule has 1 N–H and O–H groups in total. The lowest BCUT2D eigenvalue weighted by molar-refractivity contribution is -0.116. The van der Waals surface area contributed by atoms with Crippen molar-refractivity contribution in [3.63, 3.8) is 0 Å². The molecule has 2 aromatic carbocycles. The van der Waals surface area contributed by atoms with Crippen LogP contribution in [0.5, 0.6) is 5.75 Å². The first kappa shape index (κ1) is 22.9. The number of ketones is 1. The molecule has 0 spiro atoms. The predicted molar refractivity (Wildman–Crippen MR) is 132 cm³/mol. The molecule has 4 rings (SSSR count). The van der Waals surface area contributed by atoms with Gasteiger partial charge in [-0.1, -0.05) is 42.0 Å². The zero-order valence-electron chi connectivity index (χ0n) is 19.3. The van der Waals surface area contributed by atoms with Gasteiger partial charge < -0.3 is 14.6 Å². The fraction of sp³-hybridized carbons (Fsp3) is 0.185. The number of hydrogen-bond donors (Lipinski definition) is 1. The smallest absolute Gasteiger partial charge is 0.244 e. The van der Waals surface area contributed by atoms with Crippen LogP contribution < -0.4 is 15.5 Å². The van der Waals surface area contributed by atoms with Crippen LogP contribution in [0.15, 0.2) is 71.7 Å². The fourth-order valence-corrected chi connectivity index (χ4v) is 3.70. The van der Waals surface area contributed by atoms with E-state index in [1.807, 2.05) is 32.0 Å². The van der Waals surface area contributed by atoms with Crippen LogP contribution in [0.1, 0.15) is 34.1 Å². The zero-order chi connectivity index (χ0) is 24.2.